The number of ether oxygens (including phenoxy) is 5. The molecule has 2 aliphatic carbocycles. The molecule has 2 amide bonds. The van der Waals surface area contributed by atoms with E-state index in [-0.39, 0.29) is 29.6 Å². The lowest BCUT2D eigenvalue weighted by Gasteiger charge is -2.30. The molecule has 4 N–H and O–H groups in total. The van der Waals surface area contributed by atoms with Gasteiger partial charge in [-0.05, 0) is 254 Å². The number of pyridine rings is 3. The largest absolute Gasteiger partial charge is 0.479 e. The number of carboxylic acid groups (broad SMARTS) is 2. The molecule has 2 aliphatic rings. The highest BCUT2D eigenvalue weighted by Crippen LogP contribution is 2.43. The Morgan fingerprint density at radius 3 is 0.948 bits per heavy atom. The SMILES string of the molecule is COC(=O)[C@@H](OC(C)(C)C)c1c(C)nc(C(=O)NC2CCC(C)CC2)c(C)c1-c1ccc(Cl)cc1.COC(=O)[C@@H](OC(C)(C)C)c1c(C)nc(C(=O)O)c(C)c1-c1ccc(Cl)cc1.Cc1nc(C(=O)NC2CCC(C)CC2)c(C)c(-c2ccc(Cl)cc2)c1[C@H](OC(C)(C)C)C(=O)O. The van der Waals surface area contributed by atoms with E-state index in [1.165, 1.54) is 14.2 Å². The number of nitrogens with zero attached hydrogens (tertiary/aromatic N) is 3. The van der Waals surface area contributed by atoms with Gasteiger partial charge in [0.25, 0.3) is 11.8 Å². The van der Waals surface area contributed by atoms with Crippen molar-refractivity contribution in [1.82, 2.24) is 25.6 Å². The molecule has 3 aromatic carbocycles. The van der Waals surface area contributed by atoms with Gasteiger partial charge in [-0.15, -0.1) is 0 Å². The van der Waals surface area contributed by atoms with Crippen LogP contribution in [-0.2, 0) is 38.1 Å². The predicted molar refractivity (Wildman–Crippen MR) is 380 cm³/mol. The average molecular weight is 1390 g/mol. The molecule has 524 valence electrons. The number of esters is 2. The monoisotopic (exact) mass is 1390 g/mol. The summed E-state index contributed by atoms with van der Waals surface area (Å²) in [5.74, 6) is -2.41. The second-order valence-electron chi connectivity index (χ2n) is 28.3. The number of aliphatic carboxylic acids is 1. The lowest BCUT2D eigenvalue weighted by atomic mass is 9.87. The average Bonchev–Trinajstić information content (AvgIpc) is 0.777. The van der Waals surface area contributed by atoms with Crippen LogP contribution in [0.2, 0.25) is 15.1 Å². The second kappa shape index (κ2) is 33.5. The van der Waals surface area contributed by atoms with Crippen LogP contribution in [0.1, 0.15) is 228 Å². The third-order valence-corrected chi connectivity index (χ3v) is 17.8. The highest BCUT2D eigenvalue weighted by molar-refractivity contribution is 6.31. The molecule has 0 spiro atoms. The van der Waals surface area contributed by atoms with Crippen molar-refractivity contribution in [2.45, 2.75) is 216 Å². The highest BCUT2D eigenvalue weighted by atomic mass is 35.5. The molecule has 2 fully saturated rings. The van der Waals surface area contributed by atoms with Gasteiger partial charge in [-0.2, -0.15) is 0 Å². The van der Waals surface area contributed by atoms with Gasteiger partial charge in [0.15, 0.2) is 24.0 Å². The van der Waals surface area contributed by atoms with Crippen LogP contribution in [-0.4, -0.2) is 104 Å². The van der Waals surface area contributed by atoms with Crippen molar-refractivity contribution in [1.29, 1.82) is 0 Å². The van der Waals surface area contributed by atoms with Crippen molar-refractivity contribution >= 4 is 70.5 Å². The second-order valence-corrected chi connectivity index (χ2v) is 29.6. The van der Waals surface area contributed by atoms with Gasteiger partial charge in [0, 0.05) is 60.9 Å². The molecule has 8 rings (SSSR count). The van der Waals surface area contributed by atoms with Gasteiger partial charge in [-0.25, -0.2) is 34.1 Å². The van der Waals surface area contributed by atoms with Crippen LogP contribution >= 0.6 is 34.8 Å². The van der Waals surface area contributed by atoms with Gasteiger partial charge in [-0.1, -0.05) is 85.0 Å². The summed E-state index contributed by atoms with van der Waals surface area (Å²) in [4.78, 5) is 89.8. The molecule has 3 heterocycles. The van der Waals surface area contributed by atoms with Gasteiger partial charge >= 0.3 is 23.9 Å². The summed E-state index contributed by atoms with van der Waals surface area (Å²) in [5, 5.41) is 27.7. The maximum absolute atomic E-state index is 13.4. The number of carbonyl (C=O) groups excluding carboxylic acids is 4. The van der Waals surface area contributed by atoms with Gasteiger partial charge in [0.05, 0.1) is 31.0 Å². The van der Waals surface area contributed by atoms with E-state index < -0.39 is 59.0 Å². The number of hydrogen-bond donors (Lipinski definition) is 4. The van der Waals surface area contributed by atoms with E-state index in [9.17, 15) is 39.0 Å². The van der Waals surface area contributed by atoms with E-state index >= 15 is 0 Å². The molecule has 0 radical (unpaired) electrons. The number of halogens is 3. The number of carbonyl (C=O) groups is 6. The van der Waals surface area contributed by atoms with E-state index in [1.807, 2.05) is 100 Å². The lowest BCUT2D eigenvalue weighted by molar-refractivity contribution is -0.164. The van der Waals surface area contributed by atoms with E-state index in [0.29, 0.717) is 105 Å². The Hall–Kier alpha value is -7.32. The summed E-state index contributed by atoms with van der Waals surface area (Å²) in [6.07, 6.45) is 4.93. The van der Waals surface area contributed by atoms with Crippen molar-refractivity contribution in [3.8, 4) is 33.4 Å². The predicted octanol–water partition coefficient (Wildman–Crippen LogP) is 17.4. The highest BCUT2D eigenvalue weighted by Gasteiger charge is 2.38. The maximum Gasteiger partial charge on any atom is 0.354 e. The number of methoxy groups -OCH3 is 2. The Kier molecular flexibility index (Phi) is 27.2. The van der Waals surface area contributed by atoms with Gasteiger partial charge in [0.1, 0.15) is 11.4 Å². The zero-order chi connectivity index (χ0) is 72.3. The maximum atomic E-state index is 13.4. The van der Waals surface area contributed by atoms with Crippen LogP contribution in [0, 0.1) is 53.4 Å². The molecule has 6 aromatic rings. The third-order valence-electron chi connectivity index (χ3n) is 17.0. The summed E-state index contributed by atoms with van der Waals surface area (Å²) in [5.41, 5.74) is 7.47. The molecule has 3 atom stereocenters. The normalized spacial score (nSPS) is 17.4. The van der Waals surface area contributed by atoms with E-state index in [4.69, 9.17) is 63.5 Å². The summed E-state index contributed by atoms with van der Waals surface area (Å²) in [7, 11) is 2.62. The number of hydrogen-bond acceptors (Lipinski definition) is 14. The number of aryl methyl sites for hydroxylation is 3. The first kappa shape index (κ1) is 78.7. The number of benzene rings is 3. The fourth-order valence-corrected chi connectivity index (χ4v) is 12.7. The number of amides is 2. The first-order valence-corrected chi connectivity index (χ1v) is 34.0. The smallest absolute Gasteiger partial charge is 0.354 e. The van der Waals surface area contributed by atoms with Crippen molar-refractivity contribution in [2.75, 3.05) is 14.2 Å². The fraction of sp³-hybridized carbons (Fsp3) is 0.487. The molecule has 0 aliphatic heterocycles. The minimum atomic E-state index is -1.24. The number of aromatic nitrogens is 3. The van der Waals surface area contributed by atoms with Crippen LogP contribution in [0.5, 0.6) is 0 Å². The van der Waals surface area contributed by atoms with E-state index in [1.54, 1.807) is 76.2 Å². The molecule has 3 aromatic heterocycles. The van der Waals surface area contributed by atoms with Crippen molar-refractivity contribution < 1.29 is 62.7 Å². The Bertz CT molecular complexity index is 3800. The summed E-state index contributed by atoms with van der Waals surface area (Å²) in [6, 6.07) is 21.7. The molecule has 0 unspecified atom stereocenters. The zero-order valence-electron chi connectivity index (χ0n) is 59.5. The Balaban J connectivity index is 0.000000231. The van der Waals surface area contributed by atoms with Crippen molar-refractivity contribution in [3.63, 3.8) is 0 Å². The number of nitrogens with one attached hydrogen (secondary N) is 2. The van der Waals surface area contributed by atoms with Crippen LogP contribution in [0.25, 0.3) is 33.4 Å². The molecule has 0 bridgehead atoms. The van der Waals surface area contributed by atoms with Crippen molar-refractivity contribution in [3.05, 3.63) is 155 Å². The fourth-order valence-electron chi connectivity index (χ4n) is 12.3. The lowest BCUT2D eigenvalue weighted by Crippen LogP contribution is -2.38. The number of aromatic carboxylic acids is 1. The van der Waals surface area contributed by atoms with Crippen LogP contribution in [0.15, 0.2) is 72.8 Å². The van der Waals surface area contributed by atoms with E-state index in [0.717, 1.165) is 68.1 Å². The minimum Gasteiger partial charge on any atom is -0.479 e. The van der Waals surface area contributed by atoms with Crippen LogP contribution in [0.4, 0.5) is 0 Å². The summed E-state index contributed by atoms with van der Waals surface area (Å²) < 4.78 is 28.3. The van der Waals surface area contributed by atoms with Crippen LogP contribution in [0.3, 0.4) is 0 Å². The molecular formula is C76H96Cl3N5O13. The molecule has 0 saturated heterocycles. The standard InChI is InChI=1S/C28H37ClN2O4.C27H35ClN2O4.C21H24ClNO5/c1-16-8-14-21(15-9-16)31-26(32)24-17(2)22(19-10-12-20(29)13-11-19)23(18(3)30-24)25(27(33)34-7)35-28(4,5)6;1-15-7-13-20(14-8-15)30-25(31)23-16(2)21(18-9-11-19(28)12-10-18)22(17(3)29-23)24(26(32)33)34-27(4,5)6;1-11-15(13-7-9-14(22)10-8-13)16(12(2)23-17(11)19(24)25)18(20(26)27-6)28-21(3,4)5/h10-13,16,21,25H,8-9,14-15H2,1-7H3,(H,31,32);9-12,15,20,24H,7-8,13-14H2,1-6H3,(H,30,31)(H,32,33);7-10,18H,1-6H3,(H,24,25)/t16?,21?,25-;15?,20?,24-;18-/m000/s1. The molecular weight excluding hydrogens is 1300 g/mol. The van der Waals surface area contributed by atoms with Crippen LogP contribution < -0.4 is 10.6 Å². The first-order valence-electron chi connectivity index (χ1n) is 32.8. The topological polar surface area (TPSA) is 252 Å². The number of rotatable bonds is 17. The third kappa shape index (κ3) is 21.1. The Labute approximate surface area is 586 Å². The molecule has 2 saturated carbocycles. The Morgan fingerprint density at radius 1 is 0.433 bits per heavy atom. The van der Waals surface area contributed by atoms with Gasteiger partial charge in [-0.3, -0.25) is 9.59 Å². The summed E-state index contributed by atoms with van der Waals surface area (Å²) in [6.45, 7) is 31.6. The summed E-state index contributed by atoms with van der Waals surface area (Å²) >= 11 is 18.3. The molecule has 18 nitrogen and oxygen atoms in total. The van der Waals surface area contributed by atoms with Gasteiger partial charge < -0.3 is 44.5 Å². The minimum absolute atomic E-state index is 0.0782. The first-order chi connectivity index (χ1) is 45.2. The van der Waals surface area contributed by atoms with Crippen molar-refractivity contribution in [2.24, 2.45) is 11.8 Å². The number of carboxylic acids is 2. The van der Waals surface area contributed by atoms with E-state index in [2.05, 4.69) is 34.4 Å². The van der Waals surface area contributed by atoms with Gasteiger partial charge in [0.2, 0.25) is 0 Å². The molecule has 21 heteroatoms. The Morgan fingerprint density at radius 2 is 0.691 bits per heavy atom. The zero-order valence-corrected chi connectivity index (χ0v) is 61.8. The molecule has 97 heavy (non-hydrogen) atoms. The quantitative estimate of drug-likeness (QED) is 0.0620.